The highest BCUT2D eigenvalue weighted by atomic mass is 35.5. The predicted octanol–water partition coefficient (Wildman–Crippen LogP) is 3.15. The zero-order valence-electron chi connectivity index (χ0n) is 8.94. The topological polar surface area (TPSA) is 21.3 Å². The zero-order valence-corrected chi connectivity index (χ0v) is 10.5. The Hall–Kier alpha value is -0.440. The molecule has 1 N–H and O–H groups in total. The molecule has 0 saturated heterocycles. The molecule has 0 atom stereocenters. The van der Waals surface area contributed by atoms with Gasteiger partial charge < -0.3 is 10.1 Å². The Morgan fingerprint density at radius 3 is 2.60 bits per heavy atom. The molecule has 0 aliphatic rings. The van der Waals surface area contributed by atoms with Crippen LogP contribution in [0.15, 0.2) is 12.1 Å². The van der Waals surface area contributed by atoms with Crippen molar-refractivity contribution >= 4 is 23.2 Å². The van der Waals surface area contributed by atoms with E-state index in [-0.39, 0.29) is 0 Å². The number of rotatable bonds is 5. The molecule has 0 radical (unpaired) electrons. The van der Waals surface area contributed by atoms with Gasteiger partial charge in [0, 0.05) is 11.1 Å². The van der Waals surface area contributed by atoms with E-state index in [1.165, 1.54) is 0 Å². The summed E-state index contributed by atoms with van der Waals surface area (Å²) in [7, 11) is 3.51. The molecule has 0 heterocycles. The average Bonchev–Trinajstić information content (AvgIpc) is 2.23. The number of methoxy groups -OCH3 is 1. The summed E-state index contributed by atoms with van der Waals surface area (Å²) in [6, 6.07) is 3.64. The Morgan fingerprint density at radius 1 is 1.27 bits per heavy atom. The van der Waals surface area contributed by atoms with Gasteiger partial charge in [0.1, 0.15) is 5.75 Å². The van der Waals surface area contributed by atoms with Gasteiger partial charge in [-0.15, -0.1) is 0 Å². The second-order valence-electron chi connectivity index (χ2n) is 3.29. The Morgan fingerprint density at radius 2 is 2.00 bits per heavy atom. The van der Waals surface area contributed by atoms with Gasteiger partial charge in [0.05, 0.1) is 12.1 Å². The first kappa shape index (κ1) is 12.6. The van der Waals surface area contributed by atoms with Crippen molar-refractivity contribution < 1.29 is 4.74 Å². The molecule has 1 aromatic rings. The number of benzene rings is 1. The van der Waals surface area contributed by atoms with E-state index in [1.807, 2.05) is 13.1 Å². The number of nitrogens with one attached hydrogen (secondary N) is 1. The Balaban J connectivity index is 2.76. The van der Waals surface area contributed by atoms with Crippen LogP contribution in [0.4, 0.5) is 0 Å². The van der Waals surface area contributed by atoms with Crippen LogP contribution in [0.3, 0.4) is 0 Å². The molecular weight excluding hydrogens is 233 g/mol. The lowest BCUT2D eigenvalue weighted by Gasteiger charge is -2.08. The molecule has 0 unspecified atom stereocenters. The Bertz CT molecular complexity index is 329. The van der Waals surface area contributed by atoms with Crippen LogP contribution in [-0.4, -0.2) is 20.7 Å². The summed E-state index contributed by atoms with van der Waals surface area (Å²) in [4.78, 5) is 0. The number of ether oxygens (including phenoxy) is 1. The zero-order chi connectivity index (χ0) is 11.3. The van der Waals surface area contributed by atoms with E-state index in [4.69, 9.17) is 27.9 Å². The highest BCUT2D eigenvalue weighted by Crippen LogP contribution is 2.31. The minimum absolute atomic E-state index is 0.612. The van der Waals surface area contributed by atoms with Gasteiger partial charge in [0.2, 0.25) is 0 Å². The normalized spacial score (nSPS) is 10.4. The van der Waals surface area contributed by atoms with Crippen molar-refractivity contribution in [2.45, 2.75) is 12.8 Å². The fourth-order valence-corrected chi connectivity index (χ4v) is 1.88. The maximum atomic E-state index is 6.10. The quantitative estimate of drug-likeness (QED) is 0.808. The summed E-state index contributed by atoms with van der Waals surface area (Å²) < 4.78 is 5.08. The van der Waals surface area contributed by atoms with Crippen LogP contribution in [0.5, 0.6) is 5.75 Å². The van der Waals surface area contributed by atoms with Crippen molar-refractivity contribution in [1.82, 2.24) is 5.32 Å². The molecule has 2 nitrogen and oxygen atoms in total. The number of aryl methyl sites for hydroxylation is 1. The van der Waals surface area contributed by atoms with E-state index < -0.39 is 0 Å². The van der Waals surface area contributed by atoms with Gasteiger partial charge >= 0.3 is 0 Å². The van der Waals surface area contributed by atoms with Gasteiger partial charge in [-0.1, -0.05) is 23.2 Å². The van der Waals surface area contributed by atoms with E-state index in [0.29, 0.717) is 15.8 Å². The molecule has 1 aromatic carbocycles. The van der Waals surface area contributed by atoms with E-state index in [0.717, 1.165) is 24.9 Å². The van der Waals surface area contributed by atoms with Crippen molar-refractivity contribution in [3.05, 3.63) is 27.7 Å². The van der Waals surface area contributed by atoms with Crippen molar-refractivity contribution in [2.24, 2.45) is 0 Å². The van der Waals surface area contributed by atoms with Crippen LogP contribution in [0, 0.1) is 0 Å². The lowest BCUT2D eigenvalue weighted by molar-refractivity contribution is 0.415. The van der Waals surface area contributed by atoms with E-state index in [2.05, 4.69) is 5.32 Å². The van der Waals surface area contributed by atoms with E-state index in [1.54, 1.807) is 13.2 Å². The van der Waals surface area contributed by atoms with Crippen molar-refractivity contribution in [2.75, 3.05) is 20.7 Å². The lowest BCUT2D eigenvalue weighted by atomic mass is 10.1. The molecule has 0 spiro atoms. The van der Waals surface area contributed by atoms with Crippen molar-refractivity contribution in [1.29, 1.82) is 0 Å². The van der Waals surface area contributed by atoms with Crippen molar-refractivity contribution in [3.8, 4) is 5.75 Å². The summed E-state index contributed by atoms with van der Waals surface area (Å²) in [5, 5.41) is 4.42. The largest absolute Gasteiger partial charge is 0.495 e. The molecule has 1 rings (SSSR count). The van der Waals surface area contributed by atoms with E-state index in [9.17, 15) is 0 Å². The molecule has 0 aliphatic heterocycles. The SMILES string of the molecule is CNCCCc1cc(Cl)c(OC)cc1Cl. The monoisotopic (exact) mass is 247 g/mol. The first-order chi connectivity index (χ1) is 7.19. The summed E-state index contributed by atoms with van der Waals surface area (Å²) in [6.07, 6.45) is 1.96. The van der Waals surface area contributed by atoms with Gasteiger partial charge in [-0.05, 0) is 38.1 Å². The average molecular weight is 248 g/mol. The summed E-state index contributed by atoms with van der Waals surface area (Å²) in [5.41, 5.74) is 1.07. The third-order valence-corrected chi connectivity index (χ3v) is 2.84. The predicted molar refractivity (Wildman–Crippen MR) is 65.3 cm³/mol. The standard InChI is InChI=1S/C11H15Cl2NO/c1-14-5-3-4-8-6-10(13)11(15-2)7-9(8)12/h6-7,14H,3-5H2,1-2H3. The van der Waals surface area contributed by atoms with E-state index >= 15 is 0 Å². The van der Waals surface area contributed by atoms with Gasteiger partial charge in [-0.3, -0.25) is 0 Å². The van der Waals surface area contributed by atoms with Crippen LogP contribution >= 0.6 is 23.2 Å². The maximum Gasteiger partial charge on any atom is 0.138 e. The minimum Gasteiger partial charge on any atom is -0.495 e. The van der Waals surface area contributed by atoms with Crippen LogP contribution < -0.4 is 10.1 Å². The minimum atomic E-state index is 0.612. The lowest BCUT2D eigenvalue weighted by Crippen LogP contribution is -2.08. The Kier molecular flexibility index (Phi) is 5.23. The second kappa shape index (κ2) is 6.21. The molecule has 0 saturated carbocycles. The van der Waals surface area contributed by atoms with Crippen LogP contribution in [0.1, 0.15) is 12.0 Å². The van der Waals surface area contributed by atoms with Gasteiger partial charge in [0.25, 0.3) is 0 Å². The fourth-order valence-electron chi connectivity index (χ4n) is 1.37. The maximum absolute atomic E-state index is 6.10. The highest BCUT2D eigenvalue weighted by Gasteiger charge is 2.07. The van der Waals surface area contributed by atoms with Gasteiger partial charge in [-0.2, -0.15) is 0 Å². The molecule has 0 bridgehead atoms. The third kappa shape index (κ3) is 3.56. The first-order valence-electron chi connectivity index (χ1n) is 4.85. The van der Waals surface area contributed by atoms with Gasteiger partial charge in [-0.25, -0.2) is 0 Å². The van der Waals surface area contributed by atoms with Gasteiger partial charge in [0.15, 0.2) is 0 Å². The molecule has 0 aromatic heterocycles. The highest BCUT2D eigenvalue weighted by molar-refractivity contribution is 6.34. The number of hydrogen-bond acceptors (Lipinski definition) is 2. The number of hydrogen-bond donors (Lipinski definition) is 1. The molecule has 84 valence electrons. The summed E-state index contributed by atoms with van der Waals surface area (Å²) >= 11 is 12.1. The smallest absolute Gasteiger partial charge is 0.138 e. The van der Waals surface area contributed by atoms with Crippen LogP contribution in [0.2, 0.25) is 10.0 Å². The second-order valence-corrected chi connectivity index (χ2v) is 4.10. The molecule has 0 amide bonds. The molecule has 4 heteroatoms. The van der Waals surface area contributed by atoms with Crippen LogP contribution in [0.25, 0.3) is 0 Å². The van der Waals surface area contributed by atoms with Crippen molar-refractivity contribution in [3.63, 3.8) is 0 Å². The molecule has 0 fully saturated rings. The molecule has 0 aliphatic carbocycles. The third-order valence-electron chi connectivity index (χ3n) is 2.19. The molecular formula is C11H15Cl2NO. The number of halogens is 2. The van der Waals surface area contributed by atoms with Crippen LogP contribution in [-0.2, 0) is 6.42 Å². The fraction of sp³-hybridized carbons (Fsp3) is 0.455. The first-order valence-corrected chi connectivity index (χ1v) is 5.61. The summed E-state index contributed by atoms with van der Waals surface area (Å²) in [6.45, 7) is 0.972. The molecule has 15 heavy (non-hydrogen) atoms. The Labute approximate surface area is 101 Å². The summed E-state index contributed by atoms with van der Waals surface area (Å²) in [5.74, 6) is 0.624.